The van der Waals surface area contributed by atoms with Crippen LogP contribution in [-0.4, -0.2) is 30.4 Å². The van der Waals surface area contributed by atoms with Crippen molar-refractivity contribution in [3.63, 3.8) is 0 Å². The molecular weight excluding hydrogens is 392 g/mol. The molecule has 0 radical (unpaired) electrons. The Morgan fingerprint density at radius 3 is 2.03 bits per heavy atom. The molecule has 162 valence electrons. The van der Waals surface area contributed by atoms with Crippen LogP contribution in [0.15, 0.2) is 78.9 Å². The average molecular weight is 421 g/mol. The number of benzene rings is 3. The molecule has 0 unspecified atom stereocenters. The van der Waals surface area contributed by atoms with Gasteiger partial charge < -0.3 is 19.3 Å². The van der Waals surface area contributed by atoms with Gasteiger partial charge in [0.25, 0.3) is 0 Å². The molecule has 0 saturated heterocycles. The zero-order chi connectivity index (χ0) is 21.9. The second-order valence-corrected chi connectivity index (χ2v) is 7.15. The molecule has 0 aliphatic heterocycles. The van der Waals surface area contributed by atoms with E-state index in [-0.39, 0.29) is 0 Å². The molecule has 0 bridgehead atoms. The van der Waals surface area contributed by atoms with E-state index in [1.807, 2.05) is 78.9 Å². The number of carboxylic acid groups (broad SMARTS) is 1. The molecule has 0 heterocycles. The van der Waals surface area contributed by atoms with Crippen LogP contribution in [-0.2, 0) is 29.0 Å². The van der Waals surface area contributed by atoms with E-state index in [0.29, 0.717) is 26.2 Å². The van der Waals surface area contributed by atoms with Crippen molar-refractivity contribution in [2.24, 2.45) is 0 Å². The zero-order valence-corrected chi connectivity index (χ0v) is 17.7. The molecule has 0 spiro atoms. The molecular formula is C26H28O5. The number of ether oxygens (including phenoxy) is 3. The first kappa shape index (κ1) is 22.4. The molecule has 0 fully saturated rings. The summed E-state index contributed by atoms with van der Waals surface area (Å²) >= 11 is 0. The van der Waals surface area contributed by atoms with Crippen molar-refractivity contribution in [3.8, 4) is 11.5 Å². The van der Waals surface area contributed by atoms with Gasteiger partial charge in [0.05, 0.1) is 6.61 Å². The molecule has 0 aliphatic carbocycles. The van der Waals surface area contributed by atoms with Crippen molar-refractivity contribution in [2.75, 3.05) is 13.2 Å². The van der Waals surface area contributed by atoms with Crippen molar-refractivity contribution < 1.29 is 24.1 Å². The zero-order valence-electron chi connectivity index (χ0n) is 17.7. The summed E-state index contributed by atoms with van der Waals surface area (Å²) in [7, 11) is 0. The fraction of sp³-hybridized carbons (Fsp3) is 0.269. The van der Waals surface area contributed by atoms with Gasteiger partial charge in [-0.3, -0.25) is 0 Å². The van der Waals surface area contributed by atoms with E-state index in [9.17, 15) is 9.90 Å². The lowest BCUT2D eigenvalue weighted by Gasteiger charge is -2.13. The van der Waals surface area contributed by atoms with E-state index in [2.05, 4.69) is 0 Å². The van der Waals surface area contributed by atoms with Gasteiger partial charge in [0.1, 0.15) is 18.1 Å². The summed E-state index contributed by atoms with van der Waals surface area (Å²) in [6.07, 6.45) is 0.297. The summed E-state index contributed by atoms with van der Waals surface area (Å²) in [4.78, 5) is 11.2. The molecule has 0 aromatic heterocycles. The van der Waals surface area contributed by atoms with E-state index >= 15 is 0 Å². The molecule has 0 saturated carbocycles. The average Bonchev–Trinajstić information content (AvgIpc) is 2.80. The highest BCUT2D eigenvalue weighted by Crippen LogP contribution is 2.17. The molecule has 5 heteroatoms. The highest BCUT2D eigenvalue weighted by molar-refractivity contribution is 5.72. The van der Waals surface area contributed by atoms with Crippen LogP contribution in [0.25, 0.3) is 0 Å². The Bertz CT molecular complexity index is 920. The van der Waals surface area contributed by atoms with Gasteiger partial charge in [0, 0.05) is 19.4 Å². The van der Waals surface area contributed by atoms with Gasteiger partial charge >= 0.3 is 5.97 Å². The second-order valence-electron chi connectivity index (χ2n) is 7.15. The molecule has 0 amide bonds. The first-order valence-corrected chi connectivity index (χ1v) is 10.5. The maximum atomic E-state index is 11.2. The van der Waals surface area contributed by atoms with Crippen molar-refractivity contribution in [1.29, 1.82) is 0 Å². The van der Waals surface area contributed by atoms with Crippen molar-refractivity contribution in [3.05, 3.63) is 95.6 Å². The minimum atomic E-state index is -0.946. The van der Waals surface area contributed by atoms with Crippen LogP contribution >= 0.6 is 0 Å². The van der Waals surface area contributed by atoms with E-state index < -0.39 is 12.1 Å². The lowest BCUT2D eigenvalue weighted by Crippen LogP contribution is -2.26. The molecule has 3 aromatic carbocycles. The monoisotopic (exact) mass is 420 g/mol. The lowest BCUT2D eigenvalue weighted by molar-refractivity contribution is -0.149. The topological polar surface area (TPSA) is 65.0 Å². The summed E-state index contributed by atoms with van der Waals surface area (Å²) < 4.78 is 16.9. The number of hydrogen-bond acceptors (Lipinski definition) is 4. The predicted molar refractivity (Wildman–Crippen MR) is 120 cm³/mol. The number of carboxylic acids is 1. The lowest BCUT2D eigenvalue weighted by atomic mass is 10.1. The highest BCUT2D eigenvalue weighted by atomic mass is 16.5. The number of rotatable bonds is 12. The largest absolute Gasteiger partial charge is 0.493 e. The van der Waals surface area contributed by atoms with Crippen LogP contribution in [0, 0.1) is 0 Å². The van der Waals surface area contributed by atoms with Gasteiger partial charge in [-0.25, -0.2) is 4.79 Å². The van der Waals surface area contributed by atoms with Gasteiger partial charge in [0.15, 0.2) is 6.10 Å². The van der Waals surface area contributed by atoms with Crippen LogP contribution in [0.5, 0.6) is 11.5 Å². The number of aliphatic carboxylic acids is 1. The SMILES string of the molecule is CCO[C@@H](Cc1ccc(OCCc2ccc(OCc3ccccc3)cc2)cc1)C(=O)O. The maximum Gasteiger partial charge on any atom is 0.333 e. The first-order valence-electron chi connectivity index (χ1n) is 10.5. The van der Waals surface area contributed by atoms with E-state index in [1.54, 1.807) is 6.92 Å². The van der Waals surface area contributed by atoms with E-state index in [1.165, 1.54) is 5.56 Å². The summed E-state index contributed by atoms with van der Waals surface area (Å²) in [5.74, 6) is 0.657. The van der Waals surface area contributed by atoms with Crippen LogP contribution in [0.4, 0.5) is 0 Å². The minimum absolute atomic E-state index is 0.335. The summed E-state index contributed by atoms with van der Waals surface area (Å²) in [5.41, 5.74) is 3.21. The van der Waals surface area contributed by atoms with Crippen LogP contribution in [0.2, 0.25) is 0 Å². The van der Waals surface area contributed by atoms with E-state index in [0.717, 1.165) is 29.0 Å². The standard InChI is InChI=1S/C26H28O5/c1-2-29-25(26(27)28)18-21-10-14-23(15-11-21)30-17-16-20-8-12-24(13-9-20)31-19-22-6-4-3-5-7-22/h3-15,25H,2,16-19H2,1H3,(H,27,28)/t25-/m0/s1. The van der Waals surface area contributed by atoms with Crippen molar-refractivity contribution in [2.45, 2.75) is 32.5 Å². The number of carbonyl (C=O) groups is 1. The Labute approximate surface area is 183 Å². The van der Waals surface area contributed by atoms with Gasteiger partial charge in [-0.1, -0.05) is 54.6 Å². The van der Waals surface area contributed by atoms with Gasteiger partial charge in [-0.2, -0.15) is 0 Å². The summed E-state index contributed by atoms with van der Waals surface area (Å²) in [6.45, 7) is 3.27. The smallest absolute Gasteiger partial charge is 0.333 e. The van der Waals surface area contributed by atoms with Gasteiger partial charge in [-0.15, -0.1) is 0 Å². The quantitative estimate of drug-likeness (QED) is 0.451. The third kappa shape index (κ3) is 7.46. The summed E-state index contributed by atoms with van der Waals surface area (Å²) in [5, 5.41) is 9.19. The Hall–Kier alpha value is -3.31. The normalized spacial score (nSPS) is 11.6. The third-order valence-electron chi connectivity index (χ3n) is 4.82. The molecule has 5 nitrogen and oxygen atoms in total. The van der Waals surface area contributed by atoms with Gasteiger partial charge in [-0.05, 0) is 47.9 Å². The van der Waals surface area contributed by atoms with E-state index in [4.69, 9.17) is 14.2 Å². The maximum absolute atomic E-state index is 11.2. The van der Waals surface area contributed by atoms with Crippen LogP contribution in [0.1, 0.15) is 23.6 Å². The van der Waals surface area contributed by atoms with Crippen molar-refractivity contribution >= 4 is 5.97 Å². The Morgan fingerprint density at radius 1 is 0.806 bits per heavy atom. The molecule has 31 heavy (non-hydrogen) atoms. The fourth-order valence-electron chi connectivity index (χ4n) is 3.13. The number of hydrogen-bond donors (Lipinski definition) is 1. The van der Waals surface area contributed by atoms with Crippen molar-refractivity contribution in [1.82, 2.24) is 0 Å². The molecule has 3 aromatic rings. The second kappa shape index (κ2) is 11.8. The molecule has 1 atom stereocenters. The Morgan fingerprint density at radius 2 is 1.42 bits per heavy atom. The first-order chi connectivity index (χ1) is 15.1. The van der Waals surface area contributed by atoms with Crippen LogP contribution in [0.3, 0.4) is 0 Å². The molecule has 3 rings (SSSR count). The Balaban J connectivity index is 1.42. The molecule has 1 N–H and O–H groups in total. The minimum Gasteiger partial charge on any atom is -0.493 e. The molecule has 0 aliphatic rings. The Kier molecular flexibility index (Phi) is 8.49. The third-order valence-corrected chi connectivity index (χ3v) is 4.82. The fourth-order valence-corrected chi connectivity index (χ4v) is 3.13. The predicted octanol–water partition coefficient (Wildman–Crippen LogP) is 4.92. The highest BCUT2D eigenvalue weighted by Gasteiger charge is 2.17. The van der Waals surface area contributed by atoms with Gasteiger partial charge in [0.2, 0.25) is 0 Å². The summed E-state index contributed by atoms with van der Waals surface area (Å²) in [6, 6.07) is 25.6. The van der Waals surface area contributed by atoms with Crippen LogP contribution < -0.4 is 9.47 Å².